The maximum atomic E-state index is 6.20. The van der Waals surface area contributed by atoms with Crippen LogP contribution in [0.25, 0.3) is 0 Å². The Morgan fingerprint density at radius 1 is 1.18 bits per heavy atom. The number of benzene rings is 1. The van der Waals surface area contributed by atoms with Gasteiger partial charge in [0.2, 0.25) is 0 Å². The van der Waals surface area contributed by atoms with Crippen LogP contribution in [0.2, 0.25) is 0 Å². The summed E-state index contributed by atoms with van der Waals surface area (Å²) in [5, 5.41) is 0. The Morgan fingerprint density at radius 2 is 1.76 bits per heavy atom. The Labute approximate surface area is 104 Å². The van der Waals surface area contributed by atoms with Gasteiger partial charge < -0.3 is 10.5 Å². The third-order valence-electron chi connectivity index (χ3n) is 4.39. The highest BCUT2D eigenvalue weighted by Crippen LogP contribution is 2.43. The van der Waals surface area contributed by atoms with Gasteiger partial charge in [-0.25, -0.2) is 0 Å². The van der Waals surface area contributed by atoms with Crippen LogP contribution in [0.15, 0.2) is 12.1 Å². The molecule has 17 heavy (non-hydrogen) atoms. The van der Waals surface area contributed by atoms with Crippen LogP contribution in [-0.2, 0) is 0 Å². The van der Waals surface area contributed by atoms with Crippen LogP contribution in [-0.4, -0.2) is 12.1 Å². The second kappa shape index (κ2) is 4.02. The SMILES string of the molecule is Cc1ccc(C)c(OC2CC(N)C2(C)C)c1C. The lowest BCUT2D eigenvalue weighted by molar-refractivity contribution is -0.0407. The van der Waals surface area contributed by atoms with Crippen molar-refractivity contribution < 1.29 is 4.74 Å². The van der Waals surface area contributed by atoms with Crippen LogP contribution in [0.5, 0.6) is 5.75 Å². The van der Waals surface area contributed by atoms with Crippen molar-refractivity contribution in [3.63, 3.8) is 0 Å². The van der Waals surface area contributed by atoms with Gasteiger partial charge in [0.15, 0.2) is 0 Å². The maximum absolute atomic E-state index is 6.20. The molecule has 1 aliphatic rings. The van der Waals surface area contributed by atoms with Crippen molar-refractivity contribution in [2.45, 2.75) is 53.2 Å². The highest BCUT2D eigenvalue weighted by molar-refractivity contribution is 5.44. The minimum absolute atomic E-state index is 0.0859. The summed E-state index contributed by atoms with van der Waals surface area (Å²) in [6.07, 6.45) is 1.21. The van der Waals surface area contributed by atoms with E-state index in [1.165, 1.54) is 16.7 Å². The van der Waals surface area contributed by atoms with Crippen LogP contribution in [0.4, 0.5) is 0 Å². The molecule has 0 heterocycles. The number of aryl methyl sites for hydroxylation is 2. The van der Waals surface area contributed by atoms with Crippen LogP contribution in [0.3, 0.4) is 0 Å². The predicted molar refractivity (Wildman–Crippen MR) is 71.4 cm³/mol. The number of hydrogen-bond acceptors (Lipinski definition) is 2. The molecule has 1 saturated carbocycles. The largest absolute Gasteiger partial charge is 0.489 e. The molecule has 1 aliphatic carbocycles. The summed E-state index contributed by atoms with van der Waals surface area (Å²) in [6, 6.07) is 4.54. The fraction of sp³-hybridized carbons (Fsp3) is 0.600. The summed E-state index contributed by atoms with van der Waals surface area (Å²) in [6.45, 7) is 10.7. The van der Waals surface area contributed by atoms with Gasteiger partial charge in [-0.3, -0.25) is 0 Å². The van der Waals surface area contributed by atoms with Gasteiger partial charge in [-0.15, -0.1) is 0 Å². The summed E-state index contributed by atoms with van der Waals surface area (Å²) >= 11 is 0. The van der Waals surface area contributed by atoms with Gasteiger partial charge >= 0.3 is 0 Å². The molecule has 2 N–H and O–H groups in total. The van der Waals surface area contributed by atoms with E-state index in [-0.39, 0.29) is 17.6 Å². The van der Waals surface area contributed by atoms with Crippen LogP contribution in [0, 0.1) is 26.2 Å². The predicted octanol–water partition coefficient (Wildman–Crippen LogP) is 3.12. The zero-order valence-electron chi connectivity index (χ0n) is 11.5. The van der Waals surface area contributed by atoms with Crippen molar-refractivity contribution >= 4 is 0 Å². The lowest BCUT2D eigenvalue weighted by Gasteiger charge is -2.49. The van der Waals surface area contributed by atoms with E-state index in [2.05, 4.69) is 46.8 Å². The normalized spacial score (nSPS) is 26.5. The third-order valence-corrected chi connectivity index (χ3v) is 4.39. The number of hydrogen-bond donors (Lipinski definition) is 1. The number of ether oxygens (including phenoxy) is 1. The number of nitrogens with two attached hydrogens (primary N) is 1. The second-order valence-electron chi connectivity index (χ2n) is 5.92. The number of rotatable bonds is 2. The minimum Gasteiger partial charge on any atom is -0.489 e. The molecule has 1 fully saturated rings. The highest BCUT2D eigenvalue weighted by atomic mass is 16.5. The Hall–Kier alpha value is -1.02. The van der Waals surface area contributed by atoms with Crippen LogP contribution >= 0.6 is 0 Å². The molecule has 0 bridgehead atoms. The average Bonchev–Trinajstić information content (AvgIpc) is 2.28. The van der Waals surface area contributed by atoms with Crippen LogP contribution < -0.4 is 10.5 Å². The zero-order chi connectivity index (χ0) is 12.8. The van der Waals surface area contributed by atoms with Crippen LogP contribution in [0.1, 0.15) is 37.0 Å². The van der Waals surface area contributed by atoms with Crippen molar-refractivity contribution in [3.05, 3.63) is 28.8 Å². The lowest BCUT2D eigenvalue weighted by atomic mass is 9.65. The van der Waals surface area contributed by atoms with E-state index in [0.717, 1.165) is 12.2 Å². The maximum Gasteiger partial charge on any atom is 0.125 e. The summed E-state index contributed by atoms with van der Waals surface area (Å²) in [5.74, 6) is 1.05. The van der Waals surface area contributed by atoms with Gasteiger partial charge in [-0.05, 0) is 37.5 Å². The molecule has 0 amide bonds. The molecule has 0 spiro atoms. The Bertz CT molecular complexity index is 437. The first-order valence-electron chi connectivity index (χ1n) is 6.33. The molecule has 94 valence electrons. The van der Waals surface area contributed by atoms with Crippen molar-refractivity contribution in [2.24, 2.45) is 11.1 Å². The third kappa shape index (κ3) is 1.95. The fourth-order valence-corrected chi connectivity index (χ4v) is 2.37. The zero-order valence-corrected chi connectivity index (χ0v) is 11.5. The summed E-state index contributed by atoms with van der Waals surface area (Å²) < 4.78 is 6.20. The van der Waals surface area contributed by atoms with E-state index in [1.54, 1.807) is 0 Å². The van der Waals surface area contributed by atoms with Crippen molar-refractivity contribution in [1.29, 1.82) is 0 Å². The molecule has 1 aromatic carbocycles. The van der Waals surface area contributed by atoms with E-state index in [0.29, 0.717) is 0 Å². The molecule has 0 radical (unpaired) electrons. The molecule has 2 heteroatoms. The molecule has 0 aromatic heterocycles. The smallest absolute Gasteiger partial charge is 0.125 e. The van der Waals surface area contributed by atoms with E-state index in [9.17, 15) is 0 Å². The molecule has 0 saturated heterocycles. The Morgan fingerprint density at radius 3 is 2.29 bits per heavy atom. The first-order valence-corrected chi connectivity index (χ1v) is 6.33. The molecular formula is C15H23NO. The first kappa shape index (κ1) is 12.4. The summed E-state index contributed by atoms with van der Waals surface area (Å²) in [7, 11) is 0. The quantitative estimate of drug-likeness (QED) is 0.852. The van der Waals surface area contributed by atoms with E-state index in [4.69, 9.17) is 10.5 Å². The van der Waals surface area contributed by atoms with Gasteiger partial charge in [0.25, 0.3) is 0 Å². The molecule has 2 rings (SSSR count). The summed E-state index contributed by atoms with van der Waals surface area (Å²) in [4.78, 5) is 0. The average molecular weight is 233 g/mol. The Kier molecular flexibility index (Phi) is 2.94. The molecule has 1 aromatic rings. The monoisotopic (exact) mass is 233 g/mol. The van der Waals surface area contributed by atoms with Crippen molar-refractivity contribution in [2.75, 3.05) is 0 Å². The van der Waals surface area contributed by atoms with Gasteiger partial charge in [-0.1, -0.05) is 26.0 Å². The molecule has 2 unspecified atom stereocenters. The van der Waals surface area contributed by atoms with E-state index < -0.39 is 0 Å². The standard InChI is InChI=1S/C15H23NO/c1-9-6-7-10(2)14(11(9)3)17-13-8-12(16)15(13,4)5/h6-7,12-13H,8,16H2,1-5H3. The second-order valence-corrected chi connectivity index (χ2v) is 5.92. The Balaban J connectivity index is 2.23. The van der Waals surface area contributed by atoms with E-state index in [1.807, 2.05) is 0 Å². The topological polar surface area (TPSA) is 35.2 Å². The van der Waals surface area contributed by atoms with E-state index >= 15 is 0 Å². The molecule has 2 atom stereocenters. The molecule has 0 aliphatic heterocycles. The molecule has 2 nitrogen and oxygen atoms in total. The summed E-state index contributed by atoms with van der Waals surface area (Å²) in [5.41, 5.74) is 9.86. The fourth-order valence-electron chi connectivity index (χ4n) is 2.37. The van der Waals surface area contributed by atoms with Crippen molar-refractivity contribution in [1.82, 2.24) is 0 Å². The first-order chi connectivity index (χ1) is 7.84. The van der Waals surface area contributed by atoms with Gasteiger partial charge in [0.1, 0.15) is 11.9 Å². The van der Waals surface area contributed by atoms with Gasteiger partial charge in [-0.2, -0.15) is 0 Å². The van der Waals surface area contributed by atoms with Gasteiger partial charge in [0.05, 0.1) is 0 Å². The lowest BCUT2D eigenvalue weighted by Crippen LogP contribution is -2.60. The van der Waals surface area contributed by atoms with Crippen molar-refractivity contribution in [3.8, 4) is 5.75 Å². The van der Waals surface area contributed by atoms with Gasteiger partial charge in [0, 0.05) is 17.9 Å². The minimum atomic E-state index is 0.0859. The molecular weight excluding hydrogens is 210 g/mol. The highest BCUT2D eigenvalue weighted by Gasteiger charge is 2.48.